The normalized spacial score (nSPS) is 27.9. The first kappa shape index (κ1) is 7.41. The summed E-state index contributed by atoms with van der Waals surface area (Å²) in [6.07, 6.45) is 2.75. The van der Waals surface area contributed by atoms with Gasteiger partial charge in [-0.25, -0.2) is 8.89 Å². The maximum atomic E-state index is 11.4. The van der Waals surface area contributed by atoms with Crippen molar-refractivity contribution < 1.29 is 9.00 Å². The highest BCUT2D eigenvalue weighted by Crippen LogP contribution is 2.10. The van der Waals surface area contributed by atoms with Crippen molar-refractivity contribution in [3.8, 4) is 0 Å². The minimum Gasteiger partial charge on any atom is -0.264 e. The zero-order valence-electron chi connectivity index (χ0n) is 6.30. The molecule has 64 valence electrons. The van der Waals surface area contributed by atoms with Crippen LogP contribution in [0.5, 0.6) is 0 Å². The Labute approximate surface area is 68.8 Å². The average Bonchev–Trinajstić information content (AvgIpc) is 2.31. The second kappa shape index (κ2) is 2.13. The Hall–Kier alpha value is -1.24. The monoisotopic (exact) mass is 186 g/mol. The molecule has 1 aromatic heterocycles. The van der Waals surface area contributed by atoms with E-state index < -0.39 is 15.6 Å². The van der Waals surface area contributed by atoms with Crippen molar-refractivity contribution in [3.05, 3.63) is 11.9 Å². The summed E-state index contributed by atoms with van der Waals surface area (Å²) in [4.78, 5) is 11.1. The van der Waals surface area contributed by atoms with Gasteiger partial charge in [0.15, 0.2) is 5.69 Å². The molecule has 1 amide bonds. The number of rotatable bonds is 0. The van der Waals surface area contributed by atoms with Crippen molar-refractivity contribution in [2.45, 2.75) is 5.88 Å². The zero-order valence-corrected chi connectivity index (χ0v) is 7.11. The van der Waals surface area contributed by atoms with Gasteiger partial charge in [0.05, 0.1) is 15.9 Å². The zero-order chi connectivity index (χ0) is 8.77. The largest absolute Gasteiger partial charge is 0.305 e. The molecule has 0 saturated heterocycles. The second-order valence-corrected chi connectivity index (χ2v) is 4.96. The van der Waals surface area contributed by atoms with Crippen molar-refractivity contribution in [2.24, 2.45) is 4.36 Å². The van der Waals surface area contributed by atoms with E-state index in [0.29, 0.717) is 5.69 Å². The van der Waals surface area contributed by atoms with Gasteiger partial charge in [0.1, 0.15) is 5.88 Å². The predicted octanol–water partition coefficient (Wildman–Crippen LogP) is -0.513. The number of hydrogen-bond donors (Lipinski definition) is 0. The third-order valence-electron chi connectivity index (χ3n) is 1.47. The van der Waals surface area contributed by atoms with Gasteiger partial charge in [-0.3, -0.25) is 4.79 Å². The van der Waals surface area contributed by atoms with E-state index in [1.165, 1.54) is 17.1 Å². The third-order valence-corrected chi connectivity index (χ3v) is 2.75. The molecule has 1 aliphatic heterocycles. The van der Waals surface area contributed by atoms with E-state index in [-0.39, 0.29) is 5.88 Å². The molecule has 1 aliphatic rings. The van der Waals surface area contributed by atoms with Crippen LogP contribution in [0.2, 0.25) is 0 Å². The number of carbonyl (C=O) groups excluding carboxylic acids is 1. The van der Waals surface area contributed by atoms with Gasteiger partial charge < -0.3 is 0 Å². The molecule has 2 heterocycles. The van der Waals surface area contributed by atoms with Crippen molar-refractivity contribution in [2.75, 3.05) is 6.26 Å². The fourth-order valence-corrected chi connectivity index (χ4v) is 2.14. The van der Waals surface area contributed by atoms with Crippen LogP contribution in [-0.2, 0) is 15.6 Å². The first-order valence-electron chi connectivity index (χ1n) is 3.21. The number of amides is 1. The Bertz CT molecular complexity index is 454. The molecule has 0 fully saturated rings. The lowest BCUT2D eigenvalue weighted by molar-refractivity contribution is 0.0993. The highest BCUT2D eigenvalue weighted by atomic mass is 32.2. The molecule has 7 heteroatoms. The van der Waals surface area contributed by atoms with E-state index in [4.69, 9.17) is 0 Å². The molecule has 1 atom stereocenters. The molecule has 0 aromatic carbocycles. The molecular weight excluding hydrogens is 180 g/mol. The highest BCUT2D eigenvalue weighted by molar-refractivity contribution is 7.92. The average molecular weight is 186 g/mol. The molecule has 6 nitrogen and oxygen atoms in total. The Kier molecular flexibility index (Phi) is 1.31. The number of hydrogen-bond acceptors (Lipinski definition) is 4. The summed E-state index contributed by atoms with van der Waals surface area (Å²) in [5, 5.41) is 7.14. The van der Waals surface area contributed by atoms with Crippen LogP contribution >= 0.6 is 0 Å². The summed E-state index contributed by atoms with van der Waals surface area (Å²) in [6, 6.07) is 0. The maximum absolute atomic E-state index is 11.4. The first-order valence-corrected chi connectivity index (χ1v) is 5.30. The van der Waals surface area contributed by atoms with Gasteiger partial charge in [-0.1, -0.05) is 5.21 Å². The summed E-state index contributed by atoms with van der Waals surface area (Å²) in [5.41, 5.74) is 0.302. The SMILES string of the molecule is CS1(=O)=NC(=O)c2cnnn2C1. The number of nitrogens with zero attached hydrogens (tertiary/aromatic N) is 4. The quantitative estimate of drug-likeness (QED) is 0.546. The van der Waals surface area contributed by atoms with Crippen molar-refractivity contribution in [3.63, 3.8) is 0 Å². The summed E-state index contributed by atoms with van der Waals surface area (Å²) < 4.78 is 16.2. The highest BCUT2D eigenvalue weighted by Gasteiger charge is 2.21. The van der Waals surface area contributed by atoms with Crippen molar-refractivity contribution in [1.29, 1.82) is 0 Å². The van der Waals surface area contributed by atoms with E-state index in [1.807, 2.05) is 0 Å². The van der Waals surface area contributed by atoms with Gasteiger partial charge in [0.25, 0.3) is 0 Å². The minimum absolute atomic E-state index is 0.147. The van der Waals surface area contributed by atoms with Gasteiger partial charge in [0, 0.05) is 6.26 Å². The summed E-state index contributed by atoms with van der Waals surface area (Å²) in [7, 11) is -2.43. The van der Waals surface area contributed by atoms with Crippen LogP contribution in [0.15, 0.2) is 10.6 Å². The van der Waals surface area contributed by atoms with Gasteiger partial charge in [-0.15, -0.1) is 5.10 Å². The maximum Gasteiger partial charge on any atom is 0.305 e. The van der Waals surface area contributed by atoms with Crippen LogP contribution in [0.25, 0.3) is 0 Å². The minimum atomic E-state index is -2.43. The Balaban J connectivity index is 2.65. The molecule has 0 saturated carbocycles. The predicted molar refractivity (Wildman–Crippen MR) is 40.8 cm³/mol. The lowest BCUT2D eigenvalue weighted by Crippen LogP contribution is -2.21. The lowest BCUT2D eigenvalue weighted by atomic mass is 10.4. The fourth-order valence-electron chi connectivity index (χ4n) is 0.997. The van der Waals surface area contributed by atoms with E-state index >= 15 is 0 Å². The standard InChI is InChI=1S/C5H6N4O2S/c1-12(11)3-9-4(2-6-8-9)5(10)7-12/h2H,3H2,1H3. The Morgan fingerprint density at radius 2 is 2.42 bits per heavy atom. The van der Waals surface area contributed by atoms with E-state index in [1.54, 1.807) is 0 Å². The van der Waals surface area contributed by atoms with Gasteiger partial charge in [-0.05, 0) is 0 Å². The van der Waals surface area contributed by atoms with Crippen LogP contribution in [0, 0.1) is 0 Å². The molecule has 0 aliphatic carbocycles. The summed E-state index contributed by atoms with van der Waals surface area (Å²) >= 11 is 0. The van der Waals surface area contributed by atoms with Crippen molar-refractivity contribution in [1.82, 2.24) is 15.0 Å². The molecule has 0 bridgehead atoms. The molecule has 12 heavy (non-hydrogen) atoms. The van der Waals surface area contributed by atoms with Gasteiger partial charge >= 0.3 is 5.91 Å². The van der Waals surface area contributed by atoms with E-state index in [2.05, 4.69) is 14.7 Å². The molecule has 1 aromatic rings. The second-order valence-electron chi connectivity index (χ2n) is 2.60. The summed E-state index contributed by atoms with van der Waals surface area (Å²) in [6.45, 7) is 0. The smallest absolute Gasteiger partial charge is 0.264 e. The van der Waals surface area contributed by atoms with Gasteiger partial charge in [-0.2, -0.15) is 4.36 Å². The molecule has 1 unspecified atom stereocenters. The fraction of sp³-hybridized carbons (Fsp3) is 0.400. The van der Waals surface area contributed by atoms with Crippen LogP contribution in [-0.4, -0.2) is 31.4 Å². The molecule has 0 spiro atoms. The van der Waals surface area contributed by atoms with Gasteiger partial charge in [0.2, 0.25) is 0 Å². The Morgan fingerprint density at radius 3 is 3.17 bits per heavy atom. The topological polar surface area (TPSA) is 77.2 Å². The van der Waals surface area contributed by atoms with Crippen LogP contribution < -0.4 is 0 Å². The summed E-state index contributed by atoms with van der Waals surface area (Å²) in [5.74, 6) is -0.354. The van der Waals surface area contributed by atoms with E-state index in [0.717, 1.165) is 0 Å². The first-order chi connectivity index (χ1) is 5.58. The third kappa shape index (κ3) is 1.02. The number of fused-ring (bicyclic) bond motifs is 1. The molecular formula is C5H6N4O2S. The Morgan fingerprint density at radius 1 is 1.67 bits per heavy atom. The van der Waals surface area contributed by atoms with Crippen LogP contribution in [0.1, 0.15) is 10.5 Å². The van der Waals surface area contributed by atoms with E-state index in [9.17, 15) is 9.00 Å². The lowest BCUT2D eigenvalue weighted by Gasteiger charge is -2.09. The van der Waals surface area contributed by atoms with Crippen molar-refractivity contribution >= 4 is 15.6 Å². The number of carbonyl (C=O) groups is 1. The molecule has 2 rings (SSSR count). The number of aromatic nitrogens is 3. The molecule has 0 N–H and O–H groups in total. The van der Waals surface area contributed by atoms with Crippen LogP contribution in [0.4, 0.5) is 0 Å². The van der Waals surface area contributed by atoms with Crippen LogP contribution in [0.3, 0.4) is 0 Å². The molecule has 0 radical (unpaired) electrons.